The second-order valence-electron chi connectivity index (χ2n) is 8.05. The van der Waals surface area contributed by atoms with Crippen LogP contribution < -0.4 is 10.2 Å². The number of anilines is 2. The van der Waals surface area contributed by atoms with Crippen LogP contribution in [0.5, 0.6) is 0 Å². The van der Waals surface area contributed by atoms with Gasteiger partial charge >= 0.3 is 5.97 Å². The third kappa shape index (κ3) is 4.97. The molecule has 2 aromatic carbocycles. The Bertz CT molecular complexity index is 990. The number of rotatable bonds is 6. The number of piperazine rings is 1. The van der Waals surface area contributed by atoms with E-state index in [4.69, 9.17) is 23.2 Å². The highest BCUT2D eigenvalue weighted by molar-refractivity contribution is 6.43. The van der Waals surface area contributed by atoms with Crippen molar-refractivity contribution >= 4 is 46.5 Å². The van der Waals surface area contributed by atoms with Crippen molar-refractivity contribution in [2.75, 3.05) is 42.9 Å². The Morgan fingerprint density at radius 1 is 1.10 bits per heavy atom. The molecule has 0 radical (unpaired) electrons. The summed E-state index contributed by atoms with van der Waals surface area (Å²) in [6.07, 6.45) is 1.68. The van der Waals surface area contributed by atoms with E-state index in [-0.39, 0.29) is 5.91 Å². The summed E-state index contributed by atoms with van der Waals surface area (Å²) >= 11 is 12.5. The lowest BCUT2D eigenvalue weighted by Crippen LogP contribution is -2.47. The Kier molecular flexibility index (Phi) is 6.70. The number of benzene rings is 2. The maximum atomic E-state index is 12.0. The standard InChI is InChI=1S/C23H25Cl2N3O3/c24-18-2-1-3-20(22(18)25)28-12-10-27(11-13-28)9-8-17(23(30)31)16-5-4-15-6-7-21(29)26-19(15)14-16/h1-5,14,17H,6-13H2,(H,26,29)(H,30,31). The number of carboxylic acid groups (broad SMARTS) is 1. The molecule has 2 aliphatic rings. The zero-order chi connectivity index (χ0) is 22.0. The molecule has 2 aromatic rings. The van der Waals surface area contributed by atoms with Gasteiger partial charge in [0.2, 0.25) is 5.91 Å². The lowest BCUT2D eigenvalue weighted by atomic mass is 9.92. The molecule has 0 spiro atoms. The summed E-state index contributed by atoms with van der Waals surface area (Å²) in [6.45, 7) is 3.97. The summed E-state index contributed by atoms with van der Waals surface area (Å²) < 4.78 is 0. The van der Waals surface area contributed by atoms with Gasteiger partial charge in [-0.15, -0.1) is 0 Å². The lowest BCUT2D eigenvalue weighted by molar-refractivity contribution is -0.139. The van der Waals surface area contributed by atoms with Crippen LogP contribution in [-0.2, 0) is 16.0 Å². The van der Waals surface area contributed by atoms with Crippen LogP contribution in [0.15, 0.2) is 36.4 Å². The van der Waals surface area contributed by atoms with E-state index < -0.39 is 11.9 Å². The largest absolute Gasteiger partial charge is 0.481 e. The minimum absolute atomic E-state index is 0.0193. The fourth-order valence-corrected chi connectivity index (χ4v) is 4.71. The van der Waals surface area contributed by atoms with Crippen LogP contribution in [0.1, 0.15) is 29.9 Å². The van der Waals surface area contributed by atoms with Gasteiger partial charge in [-0.1, -0.05) is 41.4 Å². The quantitative estimate of drug-likeness (QED) is 0.672. The van der Waals surface area contributed by atoms with Crippen LogP contribution in [0, 0.1) is 0 Å². The first-order valence-corrected chi connectivity index (χ1v) is 11.2. The summed E-state index contributed by atoms with van der Waals surface area (Å²) in [5.41, 5.74) is 3.47. The predicted molar refractivity (Wildman–Crippen MR) is 124 cm³/mol. The van der Waals surface area contributed by atoms with E-state index in [1.807, 2.05) is 30.3 Å². The van der Waals surface area contributed by atoms with Crippen molar-refractivity contribution < 1.29 is 14.7 Å². The maximum absolute atomic E-state index is 12.0. The number of amides is 1. The van der Waals surface area contributed by atoms with Crippen LogP contribution in [0.2, 0.25) is 10.0 Å². The smallest absolute Gasteiger partial charge is 0.311 e. The molecule has 8 heteroatoms. The summed E-state index contributed by atoms with van der Waals surface area (Å²) in [4.78, 5) is 28.2. The van der Waals surface area contributed by atoms with E-state index >= 15 is 0 Å². The minimum atomic E-state index is -0.841. The van der Waals surface area contributed by atoms with Gasteiger partial charge in [0.1, 0.15) is 0 Å². The molecule has 0 bridgehead atoms. The van der Waals surface area contributed by atoms with Crippen molar-refractivity contribution in [3.63, 3.8) is 0 Å². The fourth-order valence-electron chi connectivity index (χ4n) is 4.30. The molecule has 1 atom stereocenters. The number of aryl methyl sites for hydroxylation is 1. The van der Waals surface area contributed by atoms with Crippen molar-refractivity contribution in [1.29, 1.82) is 0 Å². The Labute approximate surface area is 191 Å². The predicted octanol–water partition coefficient (Wildman–Crippen LogP) is 4.26. The number of halogens is 2. The molecule has 0 saturated carbocycles. The molecule has 1 saturated heterocycles. The van der Waals surface area contributed by atoms with Crippen molar-refractivity contribution in [3.8, 4) is 0 Å². The van der Waals surface area contributed by atoms with Crippen LogP contribution in [0.25, 0.3) is 0 Å². The molecular weight excluding hydrogens is 437 g/mol. The van der Waals surface area contributed by atoms with E-state index in [2.05, 4.69) is 15.1 Å². The normalized spacial score (nSPS) is 17.7. The van der Waals surface area contributed by atoms with E-state index in [9.17, 15) is 14.7 Å². The summed E-state index contributed by atoms with van der Waals surface area (Å²) in [5.74, 6) is -1.47. The molecule has 4 rings (SSSR count). The second-order valence-corrected chi connectivity index (χ2v) is 8.83. The molecule has 2 N–H and O–H groups in total. The summed E-state index contributed by atoms with van der Waals surface area (Å²) in [6, 6.07) is 11.3. The molecule has 31 heavy (non-hydrogen) atoms. The molecule has 0 aliphatic carbocycles. The first-order valence-electron chi connectivity index (χ1n) is 10.5. The van der Waals surface area contributed by atoms with Gasteiger partial charge in [-0.3, -0.25) is 14.5 Å². The molecule has 1 amide bonds. The molecule has 164 valence electrons. The zero-order valence-corrected chi connectivity index (χ0v) is 18.6. The Morgan fingerprint density at radius 2 is 1.87 bits per heavy atom. The number of hydrogen-bond acceptors (Lipinski definition) is 4. The monoisotopic (exact) mass is 461 g/mol. The molecule has 6 nitrogen and oxygen atoms in total. The lowest BCUT2D eigenvalue weighted by Gasteiger charge is -2.37. The van der Waals surface area contributed by atoms with E-state index in [0.717, 1.165) is 48.7 Å². The number of hydrogen-bond donors (Lipinski definition) is 2. The van der Waals surface area contributed by atoms with Crippen molar-refractivity contribution in [2.45, 2.75) is 25.2 Å². The highest BCUT2D eigenvalue weighted by Gasteiger charge is 2.25. The van der Waals surface area contributed by atoms with Gasteiger partial charge in [-0.25, -0.2) is 0 Å². The van der Waals surface area contributed by atoms with Gasteiger partial charge in [0.25, 0.3) is 0 Å². The molecule has 2 heterocycles. The summed E-state index contributed by atoms with van der Waals surface area (Å²) in [5, 5.41) is 13.8. The number of carbonyl (C=O) groups is 2. The fraction of sp³-hybridized carbons (Fsp3) is 0.391. The van der Waals surface area contributed by atoms with E-state index in [1.54, 1.807) is 6.07 Å². The van der Waals surface area contributed by atoms with Gasteiger partial charge in [0.05, 0.1) is 21.7 Å². The van der Waals surface area contributed by atoms with Gasteiger partial charge in [0, 0.05) is 38.3 Å². The number of aliphatic carboxylic acids is 1. The molecule has 1 fully saturated rings. The second kappa shape index (κ2) is 9.47. The van der Waals surface area contributed by atoms with Gasteiger partial charge in [-0.05, 0) is 48.7 Å². The van der Waals surface area contributed by atoms with Crippen LogP contribution in [-0.4, -0.2) is 54.6 Å². The number of carboxylic acids is 1. The van der Waals surface area contributed by atoms with Gasteiger partial charge in [-0.2, -0.15) is 0 Å². The third-order valence-electron chi connectivity index (χ3n) is 6.11. The van der Waals surface area contributed by atoms with Gasteiger partial charge < -0.3 is 15.3 Å². The molecule has 0 aromatic heterocycles. The Morgan fingerprint density at radius 3 is 2.61 bits per heavy atom. The maximum Gasteiger partial charge on any atom is 0.311 e. The van der Waals surface area contributed by atoms with Crippen molar-refractivity contribution in [1.82, 2.24) is 4.90 Å². The number of nitrogens with zero attached hydrogens (tertiary/aromatic N) is 2. The first kappa shape index (κ1) is 21.9. The number of fused-ring (bicyclic) bond motifs is 1. The Hall–Kier alpha value is -2.28. The highest BCUT2D eigenvalue weighted by Crippen LogP contribution is 2.33. The first-order chi connectivity index (χ1) is 14.9. The third-order valence-corrected chi connectivity index (χ3v) is 6.92. The topological polar surface area (TPSA) is 72.9 Å². The number of carbonyl (C=O) groups excluding carboxylic acids is 1. The van der Waals surface area contributed by atoms with E-state index in [1.165, 1.54) is 0 Å². The highest BCUT2D eigenvalue weighted by atomic mass is 35.5. The van der Waals surface area contributed by atoms with E-state index in [0.29, 0.717) is 35.9 Å². The molecule has 2 aliphatic heterocycles. The van der Waals surface area contributed by atoms with Gasteiger partial charge in [0.15, 0.2) is 0 Å². The van der Waals surface area contributed by atoms with Crippen LogP contribution in [0.3, 0.4) is 0 Å². The molecule has 1 unspecified atom stereocenters. The SMILES string of the molecule is O=C1CCc2ccc(C(CCN3CCN(c4cccc(Cl)c4Cl)CC3)C(=O)O)cc2N1. The Balaban J connectivity index is 1.37. The average molecular weight is 462 g/mol. The number of nitrogens with one attached hydrogen (secondary N) is 1. The summed E-state index contributed by atoms with van der Waals surface area (Å²) in [7, 11) is 0. The minimum Gasteiger partial charge on any atom is -0.481 e. The molecular formula is C23H25Cl2N3O3. The average Bonchev–Trinajstić information content (AvgIpc) is 2.76. The zero-order valence-electron chi connectivity index (χ0n) is 17.1. The van der Waals surface area contributed by atoms with Crippen molar-refractivity contribution in [3.05, 3.63) is 57.6 Å². The van der Waals surface area contributed by atoms with Crippen LogP contribution >= 0.6 is 23.2 Å². The van der Waals surface area contributed by atoms with Crippen molar-refractivity contribution in [2.24, 2.45) is 0 Å². The van der Waals surface area contributed by atoms with Crippen LogP contribution in [0.4, 0.5) is 11.4 Å².